The molecule has 1 N–H and O–H groups in total. The average molecular weight is 489 g/mol. The highest BCUT2D eigenvalue weighted by Gasteiger charge is 2.19. The Morgan fingerprint density at radius 3 is 2.63 bits per heavy atom. The second-order valence-corrected chi connectivity index (χ2v) is 8.00. The van der Waals surface area contributed by atoms with Gasteiger partial charge in [0, 0.05) is 22.8 Å². The Morgan fingerprint density at radius 1 is 1.17 bits per heavy atom. The fourth-order valence-electron chi connectivity index (χ4n) is 2.52. The zero-order valence-corrected chi connectivity index (χ0v) is 17.9. The number of carbonyl (C=O) groups excluding carboxylic acids is 1. The van der Waals surface area contributed by atoms with Crippen molar-refractivity contribution in [2.75, 3.05) is 11.1 Å². The molecule has 0 atom stereocenters. The van der Waals surface area contributed by atoms with Gasteiger partial charge in [0.1, 0.15) is 5.82 Å². The summed E-state index contributed by atoms with van der Waals surface area (Å²) in [5, 5.41) is 15.4. The highest BCUT2D eigenvalue weighted by molar-refractivity contribution is 9.10. The van der Waals surface area contributed by atoms with E-state index in [0.29, 0.717) is 28.1 Å². The van der Waals surface area contributed by atoms with E-state index in [1.807, 2.05) is 12.1 Å². The molecule has 11 heteroatoms. The van der Waals surface area contributed by atoms with E-state index in [2.05, 4.69) is 41.6 Å². The highest BCUT2D eigenvalue weighted by atomic mass is 79.9. The molecule has 0 unspecified atom stereocenters. The molecule has 0 saturated carbocycles. The molecule has 4 rings (SSSR count). The van der Waals surface area contributed by atoms with Crippen molar-refractivity contribution in [2.24, 2.45) is 7.05 Å². The first-order valence-electron chi connectivity index (χ1n) is 8.67. The summed E-state index contributed by atoms with van der Waals surface area (Å²) in [4.78, 5) is 16.5. The van der Waals surface area contributed by atoms with Crippen LogP contribution >= 0.6 is 27.7 Å². The SMILES string of the molecule is Cn1c(SCC(=O)Nc2ccc(Br)cc2)nnc1-c1nc(-c2ccc(F)cc2)no1. The first-order chi connectivity index (χ1) is 14.5. The lowest BCUT2D eigenvalue weighted by atomic mass is 10.2. The summed E-state index contributed by atoms with van der Waals surface area (Å²) < 4.78 is 21.0. The van der Waals surface area contributed by atoms with Crippen LogP contribution in [-0.4, -0.2) is 36.6 Å². The van der Waals surface area contributed by atoms with E-state index >= 15 is 0 Å². The number of carbonyl (C=O) groups is 1. The third-order valence-corrected chi connectivity index (χ3v) is 5.56. The lowest BCUT2D eigenvalue weighted by molar-refractivity contribution is -0.113. The summed E-state index contributed by atoms with van der Waals surface area (Å²) in [5.74, 6) is 0.510. The molecule has 0 aliphatic rings. The molecule has 0 aliphatic heterocycles. The van der Waals surface area contributed by atoms with E-state index in [4.69, 9.17) is 4.52 Å². The fraction of sp³-hybridized carbons (Fsp3) is 0.105. The van der Waals surface area contributed by atoms with Gasteiger partial charge in [0.25, 0.3) is 5.89 Å². The number of thioether (sulfide) groups is 1. The highest BCUT2D eigenvalue weighted by Crippen LogP contribution is 2.24. The van der Waals surface area contributed by atoms with Gasteiger partial charge in [0.05, 0.1) is 5.75 Å². The van der Waals surface area contributed by atoms with Gasteiger partial charge < -0.3 is 14.4 Å². The molecule has 0 radical (unpaired) electrons. The predicted molar refractivity (Wildman–Crippen MR) is 113 cm³/mol. The molecule has 30 heavy (non-hydrogen) atoms. The number of hydrogen-bond donors (Lipinski definition) is 1. The van der Waals surface area contributed by atoms with Gasteiger partial charge in [-0.3, -0.25) is 4.79 Å². The summed E-state index contributed by atoms with van der Waals surface area (Å²) in [5.41, 5.74) is 1.33. The minimum Gasteiger partial charge on any atom is -0.330 e. The summed E-state index contributed by atoms with van der Waals surface area (Å²) >= 11 is 4.59. The molecule has 0 fully saturated rings. The fourth-order valence-corrected chi connectivity index (χ4v) is 3.49. The van der Waals surface area contributed by atoms with Crippen LogP contribution in [0.15, 0.2) is 62.7 Å². The van der Waals surface area contributed by atoms with Crippen LogP contribution < -0.4 is 5.32 Å². The lowest BCUT2D eigenvalue weighted by Gasteiger charge is -2.05. The molecule has 0 saturated heterocycles. The van der Waals surface area contributed by atoms with Gasteiger partial charge in [0.2, 0.25) is 17.6 Å². The monoisotopic (exact) mass is 488 g/mol. The minimum absolute atomic E-state index is 0.159. The average Bonchev–Trinajstić information content (AvgIpc) is 3.35. The smallest absolute Gasteiger partial charge is 0.296 e. The topological polar surface area (TPSA) is 98.7 Å². The van der Waals surface area contributed by atoms with Gasteiger partial charge in [0.15, 0.2) is 5.16 Å². The predicted octanol–water partition coefficient (Wildman–Crippen LogP) is 4.16. The maximum Gasteiger partial charge on any atom is 0.296 e. The molecular weight excluding hydrogens is 475 g/mol. The van der Waals surface area contributed by atoms with E-state index in [1.165, 1.54) is 23.9 Å². The van der Waals surface area contributed by atoms with Crippen molar-refractivity contribution in [3.8, 4) is 23.1 Å². The van der Waals surface area contributed by atoms with E-state index < -0.39 is 0 Å². The first kappa shape index (κ1) is 20.2. The number of hydrogen-bond acceptors (Lipinski definition) is 7. The van der Waals surface area contributed by atoms with Crippen LogP contribution in [0.1, 0.15) is 0 Å². The second kappa shape index (κ2) is 8.76. The van der Waals surface area contributed by atoms with Gasteiger partial charge in [-0.05, 0) is 48.5 Å². The van der Waals surface area contributed by atoms with Gasteiger partial charge >= 0.3 is 0 Å². The maximum atomic E-state index is 13.1. The molecular formula is C19H14BrFN6O2S. The van der Waals surface area contributed by atoms with Crippen molar-refractivity contribution in [1.82, 2.24) is 24.9 Å². The minimum atomic E-state index is -0.346. The normalized spacial score (nSPS) is 10.9. The van der Waals surface area contributed by atoms with Crippen molar-refractivity contribution in [2.45, 2.75) is 5.16 Å². The number of nitrogens with one attached hydrogen (secondary N) is 1. The molecule has 8 nitrogen and oxygen atoms in total. The van der Waals surface area contributed by atoms with Crippen molar-refractivity contribution in [3.05, 3.63) is 58.8 Å². The Kier molecular flexibility index (Phi) is 5.91. The standard InChI is InChI=1S/C19H14BrFN6O2S/c1-27-17(18-23-16(26-29-18)11-2-6-13(21)7-3-11)24-25-19(27)30-10-15(28)22-14-8-4-12(20)5-9-14/h2-9H,10H2,1H3,(H,22,28). The van der Waals surface area contributed by atoms with E-state index in [-0.39, 0.29) is 23.4 Å². The van der Waals surface area contributed by atoms with Gasteiger partial charge in [-0.1, -0.05) is 32.8 Å². The van der Waals surface area contributed by atoms with Crippen LogP contribution in [0.5, 0.6) is 0 Å². The van der Waals surface area contributed by atoms with Crippen LogP contribution in [-0.2, 0) is 11.8 Å². The van der Waals surface area contributed by atoms with Crippen molar-refractivity contribution in [3.63, 3.8) is 0 Å². The number of amides is 1. The van der Waals surface area contributed by atoms with Gasteiger partial charge in [-0.2, -0.15) is 4.98 Å². The number of anilines is 1. The largest absolute Gasteiger partial charge is 0.330 e. The second-order valence-electron chi connectivity index (χ2n) is 6.14. The Hall–Kier alpha value is -3.05. The lowest BCUT2D eigenvalue weighted by Crippen LogP contribution is -2.14. The molecule has 2 heterocycles. The Bertz CT molecular complexity index is 1180. The van der Waals surface area contributed by atoms with E-state index in [1.54, 1.807) is 35.9 Å². The summed E-state index contributed by atoms with van der Waals surface area (Å²) in [6.07, 6.45) is 0. The molecule has 0 spiro atoms. The zero-order valence-electron chi connectivity index (χ0n) is 15.5. The first-order valence-corrected chi connectivity index (χ1v) is 10.4. The molecule has 0 aliphatic carbocycles. The molecule has 152 valence electrons. The summed E-state index contributed by atoms with van der Waals surface area (Å²) in [6.45, 7) is 0. The number of rotatable bonds is 6. The van der Waals surface area contributed by atoms with E-state index in [9.17, 15) is 9.18 Å². The quantitative estimate of drug-likeness (QED) is 0.406. The van der Waals surface area contributed by atoms with Crippen LogP contribution in [0, 0.1) is 5.82 Å². The molecule has 1 amide bonds. The summed E-state index contributed by atoms with van der Waals surface area (Å²) in [6, 6.07) is 13.1. The van der Waals surface area contributed by atoms with Gasteiger partial charge in [-0.15, -0.1) is 10.2 Å². The maximum absolute atomic E-state index is 13.1. The van der Waals surface area contributed by atoms with Crippen LogP contribution in [0.25, 0.3) is 23.1 Å². The molecule has 0 bridgehead atoms. The number of aromatic nitrogens is 5. The third kappa shape index (κ3) is 4.57. The van der Waals surface area contributed by atoms with Crippen LogP contribution in [0.4, 0.5) is 10.1 Å². The number of nitrogens with zero attached hydrogens (tertiary/aromatic N) is 5. The Labute approximate surface area is 183 Å². The van der Waals surface area contributed by atoms with Crippen LogP contribution in [0.3, 0.4) is 0 Å². The Balaban J connectivity index is 1.42. The molecule has 4 aromatic rings. The number of halogens is 2. The zero-order chi connectivity index (χ0) is 21.1. The Morgan fingerprint density at radius 2 is 1.90 bits per heavy atom. The van der Waals surface area contributed by atoms with Crippen molar-refractivity contribution >= 4 is 39.3 Å². The third-order valence-electron chi connectivity index (χ3n) is 4.01. The molecule has 2 aromatic heterocycles. The van der Waals surface area contributed by atoms with Gasteiger partial charge in [-0.25, -0.2) is 4.39 Å². The number of benzene rings is 2. The van der Waals surface area contributed by atoms with Crippen LogP contribution in [0.2, 0.25) is 0 Å². The molecule has 2 aromatic carbocycles. The van der Waals surface area contributed by atoms with Crippen molar-refractivity contribution < 1.29 is 13.7 Å². The summed E-state index contributed by atoms with van der Waals surface area (Å²) in [7, 11) is 1.74. The van der Waals surface area contributed by atoms with E-state index in [0.717, 1.165) is 4.47 Å². The van der Waals surface area contributed by atoms with Crippen molar-refractivity contribution in [1.29, 1.82) is 0 Å².